The molecule has 0 unspecified atom stereocenters. The number of nitrogens with one attached hydrogen (secondary N) is 2. The number of benzene rings is 2. The number of amides is 2. The van der Waals surface area contributed by atoms with Crippen LogP contribution in [0.25, 0.3) is 0 Å². The van der Waals surface area contributed by atoms with Crippen LogP contribution in [0.2, 0.25) is 5.02 Å². The molecular weight excluding hydrogens is 566 g/mol. The number of fused-ring (bicyclic) bond motifs is 1. The van der Waals surface area contributed by atoms with Gasteiger partial charge in [-0.05, 0) is 82.7 Å². The van der Waals surface area contributed by atoms with Crippen molar-refractivity contribution < 1.29 is 14.3 Å². The summed E-state index contributed by atoms with van der Waals surface area (Å²) in [5, 5.41) is 19.4. The van der Waals surface area contributed by atoms with Crippen molar-refractivity contribution >= 4 is 23.4 Å². The van der Waals surface area contributed by atoms with E-state index in [4.69, 9.17) is 16.3 Å². The normalized spacial score (nSPS) is 21.2. The molecule has 4 heterocycles. The third-order valence-corrected chi connectivity index (χ3v) is 9.99. The van der Waals surface area contributed by atoms with Gasteiger partial charge in [-0.3, -0.25) is 9.59 Å². The average Bonchev–Trinajstić information content (AvgIpc) is 3.45. The van der Waals surface area contributed by atoms with Gasteiger partial charge in [-0.1, -0.05) is 48.0 Å². The van der Waals surface area contributed by atoms with Gasteiger partial charge in [0.25, 0.3) is 0 Å². The molecular formula is C32H40ClN7O3. The van der Waals surface area contributed by atoms with Crippen molar-refractivity contribution in [2.24, 2.45) is 18.4 Å². The van der Waals surface area contributed by atoms with Crippen LogP contribution in [0, 0.1) is 11.3 Å². The fourth-order valence-corrected chi connectivity index (χ4v) is 7.24. The second-order valence-corrected chi connectivity index (χ2v) is 12.7. The number of nitrogens with zero attached hydrogens (tertiary/aromatic N) is 5. The standard InChI is InChI=1S/C32H40ClN7O3/c1-39-29(36-37-38-39)20-32(25-10-16-43-17-11-25)12-14-40(15-13-32)31(42)28(18-22-6-8-26(33)9-7-22)35-30(41)27-19-23-4-2-3-5-24(23)21-34-27/h2-9,25,27-28,34H,10-21H2,1H3,(H,35,41)/t27-,28+/m1/s1. The third-order valence-electron chi connectivity index (χ3n) is 9.74. The molecule has 3 aromatic rings. The molecule has 1 aromatic heterocycles. The third kappa shape index (κ3) is 6.76. The van der Waals surface area contributed by atoms with E-state index in [1.165, 1.54) is 11.1 Å². The monoisotopic (exact) mass is 605 g/mol. The van der Waals surface area contributed by atoms with Crippen molar-refractivity contribution in [1.29, 1.82) is 0 Å². The van der Waals surface area contributed by atoms with E-state index in [1.54, 1.807) is 4.68 Å². The van der Waals surface area contributed by atoms with E-state index >= 15 is 0 Å². The molecule has 0 radical (unpaired) electrons. The summed E-state index contributed by atoms with van der Waals surface area (Å²) < 4.78 is 7.45. The van der Waals surface area contributed by atoms with E-state index in [2.05, 4.69) is 38.3 Å². The Labute approximate surface area is 257 Å². The van der Waals surface area contributed by atoms with E-state index in [-0.39, 0.29) is 17.2 Å². The molecule has 0 aliphatic carbocycles. The van der Waals surface area contributed by atoms with Gasteiger partial charge in [-0.25, -0.2) is 4.68 Å². The van der Waals surface area contributed by atoms with Crippen molar-refractivity contribution in [2.75, 3.05) is 26.3 Å². The molecule has 2 aromatic carbocycles. The predicted octanol–water partition coefficient (Wildman–Crippen LogP) is 2.88. The molecule has 3 aliphatic rings. The van der Waals surface area contributed by atoms with Gasteiger partial charge in [0.05, 0.1) is 6.04 Å². The van der Waals surface area contributed by atoms with Crippen LogP contribution in [-0.2, 0) is 47.2 Å². The smallest absolute Gasteiger partial charge is 0.245 e. The lowest BCUT2D eigenvalue weighted by Crippen LogP contribution is -2.57. The Hall–Kier alpha value is -3.34. The summed E-state index contributed by atoms with van der Waals surface area (Å²) >= 11 is 6.14. The summed E-state index contributed by atoms with van der Waals surface area (Å²) in [6.07, 6.45) is 5.51. The molecule has 0 saturated carbocycles. The second kappa shape index (κ2) is 13.1. The number of piperidine rings is 1. The minimum Gasteiger partial charge on any atom is -0.381 e. The molecule has 0 bridgehead atoms. The zero-order valence-electron chi connectivity index (χ0n) is 24.7. The summed E-state index contributed by atoms with van der Waals surface area (Å²) in [7, 11) is 1.88. The molecule has 0 spiro atoms. The number of carbonyl (C=O) groups excluding carboxylic acids is 2. The highest BCUT2D eigenvalue weighted by Gasteiger charge is 2.44. The van der Waals surface area contributed by atoms with Gasteiger partial charge in [0, 0.05) is 57.8 Å². The van der Waals surface area contributed by atoms with Crippen LogP contribution in [0.5, 0.6) is 0 Å². The molecule has 3 aliphatic heterocycles. The minimum absolute atomic E-state index is 0.00261. The number of ether oxygens (including phenoxy) is 1. The Morgan fingerprint density at radius 1 is 1.09 bits per heavy atom. The van der Waals surface area contributed by atoms with Crippen molar-refractivity contribution in [2.45, 2.75) is 63.6 Å². The SMILES string of the molecule is Cn1nnnc1CC1(C2CCOCC2)CCN(C(=O)[C@H](Cc2ccc(Cl)cc2)NC(=O)[C@H]2Cc3ccccc3CN2)CC1. The molecule has 11 heteroatoms. The average molecular weight is 606 g/mol. The van der Waals surface area contributed by atoms with E-state index in [1.807, 2.05) is 48.3 Å². The summed E-state index contributed by atoms with van der Waals surface area (Å²) in [5.41, 5.74) is 3.32. The number of likely N-dealkylation sites (tertiary alicyclic amines) is 1. The van der Waals surface area contributed by atoms with Crippen LogP contribution in [0.4, 0.5) is 0 Å². The molecule has 2 saturated heterocycles. The van der Waals surface area contributed by atoms with Gasteiger partial charge in [0.1, 0.15) is 6.04 Å². The maximum Gasteiger partial charge on any atom is 0.245 e. The Kier molecular flexibility index (Phi) is 9.06. The highest BCUT2D eigenvalue weighted by Crippen LogP contribution is 2.46. The highest BCUT2D eigenvalue weighted by atomic mass is 35.5. The summed E-state index contributed by atoms with van der Waals surface area (Å²) in [6, 6.07) is 14.6. The number of carbonyl (C=O) groups is 2. The largest absolute Gasteiger partial charge is 0.381 e. The van der Waals surface area contributed by atoms with Crippen LogP contribution in [-0.4, -0.2) is 75.3 Å². The lowest BCUT2D eigenvalue weighted by molar-refractivity contribution is -0.140. The van der Waals surface area contributed by atoms with Crippen molar-refractivity contribution in [3.63, 3.8) is 0 Å². The molecule has 2 amide bonds. The zero-order valence-corrected chi connectivity index (χ0v) is 25.4. The van der Waals surface area contributed by atoms with Crippen LogP contribution in [0.3, 0.4) is 0 Å². The minimum atomic E-state index is -0.675. The number of aryl methyl sites for hydroxylation is 1. The summed E-state index contributed by atoms with van der Waals surface area (Å²) in [6.45, 7) is 3.42. The van der Waals surface area contributed by atoms with Crippen molar-refractivity contribution in [3.05, 3.63) is 76.1 Å². The molecule has 2 atom stereocenters. The van der Waals surface area contributed by atoms with Gasteiger partial charge >= 0.3 is 0 Å². The molecule has 10 nitrogen and oxygen atoms in total. The Bertz CT molecular complexity index is 1410. The predicted molar refractivity (Wildman–Crippen MR) is 162 cm³/mol. The Balaban J connectivity index is 1.17. The van der Waals surface area contributed by atoms with Gasteiger partial charge < -0.3 is 20.3 Å². The number of tetrazole rings is 1. The van der Waals surface area contributed by atoms with Crippen LogP contribution < -0.4 is 10.6 Å². The lowest BCUT2D eigenvalue weighted by atomic mass is 9.64. The Morgan fingerprint density at radius 2 is 1.81 bits per heavy atom. The molecule has 228 valence electrons. The summed E-state index contributed by atoms with van der Waals surface area (Å²) in [4.78, 5) is 29.7. The van der Waals surface area contributed by atoms with E-state index in [0.29, 0.717) is 43.4 Å². The van der Waals surface area contributed by atoms with E-state index in [9.17, 15) is 9.59 Å². The van der Waals surface area contributed by atoms with Crippen molar-refractivity contribution in [1.82, 2.24) is 35.7 Å². The maximum absolute atomic E-state index is 14.2. The molecule has 43 heavy (non-hydrogen) atoms. The quantitative estimate of drug-likeness (QED) is 0.406. The van der Waals surface area contributed by atoms with Gasteiger partial charge in [-0.2, -0.15) is 0 Å². The Morgan fingerprint density at radius 3 is 2.51 bits per heavy atom. The molecule has 6 rings (SSSR count). The van der Waals surface area contributed by atoms with Crippen LogP contribution in [0.15, 0.2) is 48.5 Å². The first-order valence-electron chi connectivity index (χ1n) is 15.3. The van der Waals surface area contributed by atoms with E-state index in [0.717, 1.165) is 56.7 Å². The fraction of sp³-hybridized carbons (Fsp3) is 0.531. The molecule has 2 fully saturated rings. The summed E-state index contributed by atoms with van der Waals surface area (Å²) in [5.74, 6) is 1.17. The number of hydrogen-bond donors (Lipinski definition) is 2. The number of halogens is 1. The molecule has 2 N–H and O–H groups in total. The number of aromatic nitrogens is 4. The first kappa shape index (κ1) is 29.7. The lowest BCUT2D eigenvalue weighted by Gasteiger charge is -2.48. The first-order chi connectivity index (χ1) is 20.9. The van der Waals surface area contributed by atoms with Gasteiger partial charge in [0.2, 0.25) is 11.8 Å². The fourth-order valence-electron chi connectivity index (χ4n) is 7.11. The highest BCUT2D eigenvalue weighted by molar-refractivity contribution is 6.30. The maximum atomic E-state index is 14.2. The van der Waals surface area contributed by atoms with Crippen LogP contribution >= 0.6 is 11.6 Å². The first-order valence-corrected chi connectivity index (χ1v) is 15.7. The topological polar surface area (TPSA) is 114 Å². The zero-order chi connectivity index (χ0) is 29.8. The van der Waals surface area contributed by atoms with Gasteiger partial charge in [0.15, 0.2) is 5.82 Å². The van der Waals surface area contributed by atoms with Crippen molar-refractivity contribution in [3.8, 4) is 0 Å². The van der Waals surface area contributed by atoms with E-state index < -0.39 is 12.1 Å². The van der Waals surface area contributed by atoms with Gasteiger partial charge in [-0.15, -0.1) is 5.10 Å². The number of hydrogen-bond acceptors (Lipinski definition) is 7. The van der Waals surface area contributed by atoms with Crippen LogP contribution in [0.1, 0.15) is 48.2 Å². The number of rotatable bonds is 8. The second-order valence-electron chi connectivity index (χ2n) is 12.3.